The summed E-state index contributed by atoms with van der Waals surface area (Å²) in [5, 5.41) is 3.34. The van der Waals surface area contributed by atoms with Gasteiger partial charge in [0, 0.05) is 25.9 Å². The summed E-state index contributed by atoms with van der Waals surface area (Å²) in [6.45, 7) is 1.79. The summed E-state index contributed by atoms with van der Waals surface area (Å²) in [5.41, 5.74) is 1.95. The number of hydrogen-bond acceptors (Lipinski definition) is 6. The molecule has 2 aromatic rings. The van der Waals surface area contributed by atoms with E-state index in [0.29, 0.717) is 17.2 Å². The standard InChI is InChI=1S/C20H23NO5/c1-22-17-11-14(12-18(23-2)19(17)24-3)13-4-5-15-16(10-13)26-20(25-15)6-8-21-9-7-20/h4-5,10-12,21H,6-9H2,1-3H3. The topological polar surface area (TPSA) is 58.2 Å². The van der Waals surface area contributed by atoms with E-state index in [-0.39, 0.29) is 0 Å². The van der Waals surface area contributed by atoms with E-state index < -0.39 is 5.79 Å². The molecule has 2 aromatic carbocycles. The SMILES string of the molecule is COc1cc(-c2ccc3c(c2)OC2(CCNCC2)O3)cc(OC)c1OC. The normalized spacial score (nSPS) is 17.2. The number of rotatable bonds is 4. The molecule has 0 amide bonds. The van der Waals surface area contributed by atoms with Crippen molar-refractivity contribution in [3.05, 3.63) is 30.3 Å². The van der Waals surface area contributed by atoms with Gasteiger partial charge in [-0.25, -0.2) is 0 Å². The average Bonchev–Trinajstić information content (AvgIpc) is 3.03. The van der Waals surface area contributed by atoms with Crippen molar-refractivity contribution in [1.82, 2.24) is 5.32 Å². The Balaban J connectivity index is 1.69. The predicted molar refractivity (Wildman–Crippen MR) is 97.6 cm³/mol. The Kier molecular flexibility index (Phi) is 4.28. The highest BCUT2D eigenvalue weighted by Gasteiger charge is 2.42. The fourth-order valence-corrected chi connectivity index (χ4v) is 3.53. The van der Waals surface area contributed by atoms with Crippen LogP contribution in [0.25, 0.3) is 11.1 Å². The summed E-state index contributed by atoms with van der Waals surface area (Å²) in [6.07, 6.45) is 1.67. The number of benzene rings is 2. The number of ether oxygens (including phenoxy) is 5. The van der Waals surface area contributed by atoms with E-state index in [2.05, 4.69) is 5.32 Å². The summed E-state index contributed by atoms with van der Waals surface area (Å²) < 4.78 is 28.6. The highest BCUT2D eigenvalue weighted by molar-refractivity contribution is 5.73. The minimum Gasteiger partial charge on any atom is -0.493 e. The Morgan fingerprint density at radius 2 is 1.46 bits per heavy atom. The molecule has 4 rings (SSSR count). The van der Waals surface area contributed by atoms with Gasteiger partial charge in [0.25, 0.3) is 5.79 Å². The van der Waals surface area contributed by atoms with Crippen LogP contribution in [0, 0.1) is 0 Å². The third-order valence-electron chi connectivity index (χ3n) is 4.90. The van der Waals surface area contributed by atoms with E-state index in [9.17, 15) is 0 Å². The van der Waals surface area contributed by atoms with E-state index in [1.54, 1.807) is 21.3 Å². The molecule has 0 atom stereocenters. The Labute approximate surface area is 153 Å². The van der Waals surface area contributed by atoms with Crippen LogP contribution in [0.2, 0.25) is 0 Å². The summed E-state index contributed by atoms with van der Waals surface area (Å²) in [6, 6.07) is 9.85. The van der Waals surface area contributed by atoms with Gasteiger partial charge in [-0.15, -0.1) is 0 Å². The van der Waals surface area contributed by atoms with Gasteiger partial charge in [0.05, 0.1) is 21.3 Å². The van der Waals surface area contributed by atoms with Gasteiger partial charge in [-0.2, -0.15) is 0 Å². The summed E-state index contributed by atoms with van der Waals surface area (Å²) in [5.74, 6) is 2.86. The zero-order chi connectivity index (χ0) is 18.1. The largest absolute Gasteiger partial charge is 0.493 e. The molecule has 0 bridgehead atoms. The number of fused-ring (bicyclic) bond motifs is 1. The molecule has 1 N–H and O–H groups in total. The number of piperidine rings is 1. The third kappa shape index (κ3) is 2.80. The molecule has 0 radical (unpaired) electrons. The van der Waals surface area contributed by atoms with Crippen molar-refractivity contribution in [3.8, 4) is 39.9 Å². The highest BCUT2D eigenvalue weighted by atomic mass is 16.7. The van der Waals surface area contributed by atoms with E-state index in [1.165, 1.54) is 0 Å². The molecule has 1 spiro atoms. The van der Waals surface area contributed by atoms with Crippen molar-refractivity contribution in [2.45, 2.75) is 18.6 Å². The molecule has 2 aliphatic heterocycles. The molecule has 138 valence electrons. The lowest BCUT2D eigenvalue weighted by atomic mass is 10.0. The van der Waals surface area contributed by atoms with E-state index in [4.69, 9.17) is 23.7 Å². The van der Waals surface area contributed by atoms with E-state index >= 15 is 0 Å². The maximum atomic E-state index is 6.21. The first kappa shape index (κ1) is 16.8. The number of methoxy groups -OCH3 is 3. The van der Waals surface area contributed by atoms with E-state index in [0.717, 1.165) is 48.6 Å². The first-order valence-corrected chi connectivity index (χ1v) is 8.71. The van der Waals surface area contributed by atoms with Crippen LogP contribution >= 0.6 is 0 Å². The second-order valence-electron chi connectivity index (χ2n) is 6.44. The molecule has 0 unspecified atom stereocenters. The van der Waals surface area contributed by atoms with Gasteiger partial charge in [0.1, 0.15) is 0 Å². The molecule has 26 heavy (non-hydrogen) atoms. The van der Waals surface area contributed by atoms with Crippen LogP contribution in [0.15, 0.2) is 30.3 Å². The number of hydrogen-bond donors (Lipinski definition) is 1. The Morgan fingerprint density at radius 3 is 2.08 bits per heavy atom. The van der Waals surface area contributed by atoms with Gasteiger partial charge in [-0.05, 0) is 35.4 Å². The summed E-state index contributed by atoms with van der Waals surface area (Å²) in [7, 11) is 4.82. The molecular formula is C20H23NO5. The first-order valence-electron chi connectivity index (χ1n) is 8.71. The van der Waals surface area contributed by atoms with Gasteiger partial charge in [-0.1, -0.05) is 6.07 Å². The first-order chi connectivity index (χ1) is 12.7. The van der Waals surface area contributed by atoms with Crippen molar-refractivity contribution < 1.29 is 23.7 Å². The molecule has 0 aromatic heterocycles. The Morgan fingerprint density at radius 1 is 0.808 bits per heavy atom. The van der Waals surface area contributed by atoms with Crippen LogP contribution < -0.4 is 29.0 Å². The van der Waals surface area contributed by atoms with Crippen LogP contribution in [0.1, 0.15) is 12.8 Å². The van der Waals surface area contributed by atoms with Crippen LogP contribution in [-0.4, -0.2) is 40.2 Å². The fraction of sp³-hybridized carbons (Fsp3) is 0.400. The zero-order valence-electron chi connectivity index (χ0n) is 15.3. The zero-order valence-corrected chi connectivity index (χ0v) is 15.3. The minimum atomic E-state index is -0.526. The highest BCUT2D eigenvalue weighted by Crippen LogP contribution is 2.46. The second-order valence-corrected chi connectivity index (χ2v) is 6.44. The summed E-state index contributed by atoms with van der Waals surface area (Å²) in [4.78, 5) is 0. The molecule has 6 heteroatoms. The summed E-state index contributed by atoms with van der Waals surface area (Å²) >= 11 is 0. The average molecular weight is 357 g/mol. The molecule has 2 heterocycles. The molecular weight excluding hydrogens is 334 g/mol. The van der Waals surface area contributed by atoms with E-state index in [1.807, 2.05) is 30.3 Å². The van der Waals surface area contributed by atoms with Gasteiger partial charge in [-0.3, -0.25) is 0 Å². The molecule has 1 fully saturated rings. The monoisotopic (exact) mass is 357 g/mol. The third-order valence-corrected chi connectivity index (χ3v) is 4.90. The molecule has 0 aliphatic carbocycles. The molecule has 0 saturated carbocycles. The maximum absolute atomic E-state index is 6.21. The van der Waals surface area contributed by atoms with Crippen LogP contribution in [0.3, 0.4) is 0 Å². The van der Waals surface area contributed by atoms with Crippen LogP contribution in [0.5, 0.6) is 28.7 Å². The second kappa shape index (κ2) is 6.61. The Hall–Kier alpha value is -2.60. The smallest absolute Gasteiger partial charge is 0.254 e. The maximum Gasteiger partial charge on any atom is 0.254 e. The van der Waals surface area contributed by atoms with Crippen molar-refractivity contribution in [1.29, 1.82) is 0 Å². The van der Waals surface area contributed by atoms with Gasteiger partial charge >= 0.3 is 0 Å². The number of nitrogens with one attached hydrogen (secondary N) is 1. The predicted octanol–water partition coefficient (Wildman–Crippen LogP) is 3.23. The van der Waals surface area contributed by atoms with Crippen LogP contribution in [0.4, 0.5) is 0 Å². The molecule has 1 saturated heterocycles. The lowest BCUT2D eigenvalue weighted by molar-refractivity contribution is -0.0998. The van der Waals surface area contributed by atoms with Crippen LogP contribution in [-0.2, 0) is 0 Å². The Bertz CT molecular complexity index is 789. The van der Waals surface area contributed by atoms with Crippen molar-refractivity contribution in [2.75, 3.05) is 34.4 Å². The van der Waals surface area contributed by atoms with Crippen molar-refractivity contribution in [2.24, 2.45) is 0 Å². The lowest BCUT2D eigenvalue weighted by Gasteiger charge is -2.31. The van der Waals surface area contributed by atoms with Gasteiger partial charge in [0.15, 0.2) is 23.0 Å². The quantitative estimate of drug-likeness (QED) is 0.907. The van der Waals surface area contributed by atoms with Crippen molar-refractivity contribution in [3.63, 3.8) is 0 Å². The fourth-order valence-electron chi connectivity index (χ4n) is 3.53. The van der Waals surface area contributed by atoms with Gasteiger partial charge < -0.3 is 29.0 Å². The van der Waals surface area contributed by atoms with Gasteiger partial charge in [0.2, 0.25) is 5.75 Å². The van der Waals surface area contributed by atoms with Crippen molar-refractivity contribution >= 4 is 0 Å². The molecule has 6 nitrogen and oxygen atoms in total. The minimum absolute atomic E-state index is 0.526. The molecule has 2 aliphatic rings. The lowest BCUT2D eigenvalue weighted by Crippen LogP contribution is -2.48.